The monoisotopic (exact) mass is 341 g/mol. The van der Waals surface area contributed by atoms with Crippen LogP contribution in [0.3, 0.4) is 0 Å². The molecule has 0 aromatic heterocycles. The Kier molecular flexibility index (Phi) is 7.56. The average molecular weight is 342 g/mol. The average Bonchev–Trinajstić information content (AvgIpc) is 2.42. The van der Waals surface area contributed by atoms with Gasteiger partial charge in [0.15, 0.2) is 0 Å². The van der Waals surface area contributed by atoms with E-state index in [1.807, 2.05) is 7.05 Å². The highest BCUT2D eigenvalue weighted by molar-refractivity contribution is 9.10. The molecule has 1 rings (SSSR count). The molecule has 20 heavy (non-hydrogen) atoms. The fourth-order valence-electron chi connectivity index (χ4n) is 2.18. The molecule has 114 valence electrons. The zero-order chi connectivity index (χ0) is 15.1. The first kappa shape index (κ1) is 17.5. The summed E-state index contributed by atoms with van der Waals surface area (Å²) in [5, 5.41) is 3.29. The van der Waals surface area contributed by atoms with Crippen molar-refractivity contribution >= 4 is 21.6 Å². The van der Waals surface area contributed by atoms with E-state index in [1.165, 1.54) is 22.1 Å². The lowest BCUT2D eigenvalue weighted by molar-refractivity contribution is 0.413. The van der Waals surface area contributed by atoms with Crippen LogP contribution < -0.4 is 10.2 Å². The van der Waals surface area contributed by atoms with Gasteiger partial charge >= 0.3 is 0 Å². The van der Waals surface area contributed by atoms with Crippen molar-refractivity contribution in [2.45, 2.75) is 26.3 Å². The number of likely N-dealkylation sites (N-methyl/N-ethyl adjacent to an activating group) is 1. The third-order valence-corrected chi connectivity index (χ3v) is 4.25. The topological polar surface area (TPSA) is 18.5 Å². The maximum Gasteiger partial charge on any atom is 0.0378 e. The first-order valence-electron chi connectivity index (χ1n) is 7.36. The summed E-state index contributed by atoms with van der Waals surface area (Å²) >= 11 is 3.71. The van der Waals surface area contributed by atoms with Gasteiger partial charge in [-0.15, -0.1) is 0 Å². The van der Waals surface area contributed by atoms with Crippen molar-refractivity contribution in [3.8, 4) is 0 Å². The summed E-state index contributed by atoms with van der Waals surface area (Å²) in [6.45, 7) is 7.65. The molecule has 0 heterocycles. The molecule has 0 fully saturated rings. The fraction of sp³-hybridized carbons (Fsp3) is 0.625. The molecule has 4 heteroatoms. The van der Waals surface area contributed by atoms with Crippen LogP contribution in [0.2, 0.25) is 0 Å². The quantitative estimate of drug-likeness (QED) is 0.780. The van der Waals surface area contributed by atoms with E-state index in [0.29, 0.717) is 6.04 Å². The highest BCUT2D eigenvalue weighted by atomic mass is 79.9. The van der Waals surface area contributed by atoms with E-state index in [0.717, 1.165) is 19.6 Å². The van der Waals surface area contributed by atoms with Crippen LogP contribution in [0.4, 0.5) is 5.69 Å². The zero-order valence-electron chi connectivity index (χ0n) is 13.4. The van der Waals surface area contributed by atoms with E-state index in [-0.39, 0.29) is 0 Å². The SMILES string of the molecule is CCCN(CCN(C)C)c1ccc(C(C)NC)c(Br)c1. The molecule has 1 aromatic carbocycles. The molecule has 0 aliphatic rings. The Bertz CT molecular complexity index is 407. The van der Waals surface area contributed by atoms with Gasteiger partial charge in [0.05, 0.1) is 0 Å². The molecule has 1 unspecified atom stereocenters. The molecular weight excluding hydrogens is 314 g/mol. The molecule has 0 radical (unpaired) electrons. The normalized spacial score (nSPS) is 12.8. The second-order valence-electron chi connectivity index (χ2n) is 5.51. The summed E-state index contributed by atoms with van der Waals surface area (Å²) in [6.07, 6.45) is 1.17. The third kappa shape index (κ3) is 5.08. The van der Waals surface area contributed by atoms with Crippen molar-refractivity contribution in [2.75, 3.05) is 45.7 Å². The summed E-state index contributed by atoms with van der Waals surface area (Å²) in [6, 6.07) is 7.06. The largest absolute Gasteiger partial charge is 0.370 e. The van der Waals surface area contributed by atoms with Crippen LogP contribution in [0.15, 0.2) is 22.7 Å². The summed E-state index contributed by atoms with van der Waals surface area (Å²) < 4.78 is 1.18. The second kappa shape index (κ2) is 8.65. The number of anilines is 1. The van der Waals surface area contributed by atoms with E-state index in [1.54, 1.807) is 0 Å². The lowest BCUT2D eigenvalue weighted by Gasteiger charge is -2.27. The standard InChI is InChI=1S/C16H28BrN3/c1-6-9-20(11-10-19(4)5)14-7-8-15(13(2)18-3)16(17)12-14/h7-8,12-13,18H,6,9-11H2,1-5H3. The minimum Gasteiger partial charge on any atom is -0.370 e. The van der Waals surface area contributed by atoms with Gasteiger partial charge in [0.1, 0.15) is 0 Å². The predicted octanol–water partition coefficient (Wildman–Crippen LogP) is 3.51. The van der Waals surface area contributed by atoms with Gasteiger partial charge in [-0.1, -0.05) is 28.9 Å². The van der Waals surface area contributed by atoms with Crippen LogP contribution in [-0.2, 0) is 0 Å². The third-order valence-electron chi connectivity index (χ3n) is 3.56. The Morgan fingerprint density at radius 2 is 1.90 bits per heavy atom. The Balaban J connectivity index is 2.88. The molecule has 1 aromatic rings. The smallest absolute Gasteiger partial charge is 0.0378 e. The van der Waals surface area contributed by atoms with E-state index in [4.69, 9.17) is 0 Å². The van der Waals surface area contributed by atoms with Crippen molar-refractivity contribution < 1.29 is 0 Å². The summed E-state index contributed by atoms with van der Waals surface area (Å²) in [4.78, 5) is 4.69. The Morgan fingerprint density at radius 1 is 1.20 bits per heavy atom. The van der Waals surface area contributed by atoms with Gasteiger partial charge in [-0.3, -0.25) is 0 Å². The molecule has 0 aliphatic carbocycles. The molecule has 0 saturated carbocycles. The van der Waals surface area contributed by atoms with E-state index in [9.17, 15) is 0 Å². The lowest BCUT2D eigenvalue weighted by atomic mass is 10.1. The fourth-order valence-corrected chi connectivity index (χ4v) is 2.89. The molecule has 3 nitrogen and oxygen atoms in total. The Morgan fingerprint density at radius 3 is 2.40 bits per heavy atom. The van der Waals surface area contributed by atoms with Crippen LogP contribution in [0, 0.1) is 0 Å². The summed E-state index contributed by atoms with van der Waals surface area (Å²) in [7, 11) is 6.24. The van der Waals surface area contributed by atoms with Crippen LogP contribution in [0.25, 0.3) is 0 Å². The van der Waals surface area contributed by atoms with E-state index < -0.39 is 0 Å². The minimum absolute atomic E-state index is 0.361. The highest BCUT2D eigenvalue weighted by Gasteiger charge is 2.11. The van der Waals surface area contributed by atoms with Crippen LogP contribution in [0.5, 0.6) is 0 Å². The van der Waals surface area contributed by atoms with Gasteiger partial charge in [-0.2, -0.15) is 0 Å². The van der Waals surface area contributed by atoms with Crippen LogP contribution in [0.1, 0.15) is 31.9 Å². The van der Waals surface area contributed by atoms with E-state index in [2.05, 4.69) is 77.2 Å². The van der Waals surface area contributed by atoms with Gasteiger partial charge in [0.2, 0.25) is 0 Å². The van der Waals surface area contributed by atoms with Crippen molar-refractivity contribution in [1.82, 2.24) is 10.2 Å². The zero-order valence-corrected chi connectivity index (χ0v) is 15.0. The van der Waals surface area contributed by atoms with Crippen molar-refractivity contribution in [2.24, 2.45) is 0 Å². The van der Waals surface area contributed by atoms with Crippen molar-refractivity contribution in [3.63, 3.8) is 0 Å². The van der Waals surface area contributed by atoms with Gasteiger partial charge in [-0.25, -0.2) is 0 Å². The second-order valence-corrected chi connectivity index (χ2v) is 6.36. The number of hydrogen-bond donors (Lipinski definition) is 1. The summed E-state index contributed by atoms with van der Waals surface area (Å²) in [5.74, 6) is 0. The number of halogens is 1. The molecule has 1 N–H and O–H groups in total. The van der Waals surface area contributed by atoms with Crippen LogP contribution in [-0.4, -0.2) is 45.7 Å². The van der Waals surface area contributed by atoms with Crippen molar-refractivity contribution in [1.29, 1.82) is 0 Å². The first-order chi connectivity index (χ1) is 9.49. The van der Waals surface area contributed by atoms with Gasteiger partial charge < -0.3 is 15.1 Å². The summed E-state index contributed by atoms with van der Waals surface area (Å²) in [5.41, 5.74) is 2.60. The molecule has 0 aliphatic heterocycles. The molecular formula is C16H28BrN3. The number of rotatable bonds is 8. The Hall–Kier alpha value is -0.580. The Labute approximate surface area is 132 Å². The molecule has 1 atom stereocenters. The molecule has 0 amide bonds. The predicted molar refractivity (Wildman–Crippen MR) is 92.7 cm³/mol. The van der Waals surface area contributed by atoms with Crippen molar-refractivity contribution in [3.05, 3.63) is 28.2 Å². The maximum absolute atomic E-state index is 3.71. The number of nitrogens with one attached hydrogen (secondary N) is 1. The molecule has 0 bridgehead atoms. The van der Waals surface area contributed by atoms with Gasteiger partial charge in [-0.05, 0) is 52.2 Å². The highest BCUT2D eigenvalue weighted by Crippen LogP contribution is 2.28. The number of hydrogen-bond acceptors (Lipinski definition) is 3. The minimum atomic E-state index is 0.361. The molecule has 0 saturated heterocycles. The van der Waals surface area contributed by atoms with E-state index >= 15 is 0 Å². The number of nitrogens with zero attached hydrogens (tertiary/aromatic N) is 2. The van der Waals surface area contributed by atoms with Gasteiger partial charge in [0.25, 0.3) is 0 Å². The lowest BCUT2D eigenvalue weighted by Crippen LogP contribution is -2.32. The first-order valence-corrected chi connectivity index (χ1v) is 8.15. The van der Waals surface area contributed by atoms with Crippen LogP contribution >= 0.6 is 15.9 Å². The van der Waals surface area contributed by atoms with Gasteiger partial charge in [0, 0.05) is 35.8 Å². The molecule has 0 spiro atoms. The maximum atomic E-state index is 3.71. The number of benzene rings is 1.